The van der Waals surface area contributed by atoms with Crippen molar-refractivity contribution in [3.8, 4) is 0 Å². The van der Waals surface area contributed by atoms with E-state index in [9.17, 15) is 0 Å². The molecule has 4 aromatic carbocycles. The molecule has 0 aliphatic heterocycles. The van der Waals surface area contributed by atoms with E-state index in [1.54, 1.807) is 0 Å². The van der Waals surface area contributed by atoms with E-state index in [0.29, 0.717) is 6.54 Å². The summed E-state index contributed by atoms with van der Waals surface area (Å²) in [6.07, 6.45) is 0.809. The van der Waals surface area contributed by atoms with Crippen molar-refractivity contribution < 1.29 is 0 Å². The maximum atomic E-state index is 5.71. The second-order valence-corrected chi connectivity index (χ2v) is 13.9. The van der Waals surface area contributed by atoms with Gasteiger partial charge in [-0.1, -0.05) is 148 Å². The molecule has 0 aromatic heterocycles. The summed E-state index contributed by atoms with van der Waals surface area (Å²) in [4.78, 5) is 0. The predicted molar refractivity (Wildman–Crippen MR) is 163 cm³/mol. The molecule has 0 amide bonds. The molecule has 190 valence electrons. The van der Waals surface area contributed by atoms with E-state index in [2.05, 4.69) is 155 Å². The van der Waals surface area contributed by atoms with Crippen LogP contribution in [0.5, 0.6) is 0 Å². The quantitative estimate of drug-likeness (QED) is 0.238. The van der Waals surface area contributed by atoms with E-state index < -0.39 is 7.05 Å². The molecule has 4 aromatic rings. The van der Waals surface area contributed by atoms with E-state index in [1.165, 1.54) is 27.0 Å². The van der Waals surface area contributed by atoms with E-state index >= 15 is 0 Å². The molecule has 0 aliphatic rings. The second kappa shape index (κ2) is 11.8. The fraction of sp³-hybridized carbons (Fsp3) is 0.235. The van der Waals surface area contributed by atoms with Gasteiger partial charge in [0.25, 0.3) is 0 Å². The van der Waals surface area contributed by atoms with Gasteiger partial charge in [-0.3, -0.25) is 4.74 Å². The molecule has 1 atom stereocenters. The first kappa shape index (κ1) is 26.7. The van der Waals surface area contributed by atoms with Crippen molar-refractivity contribution in [3.05, 3.63) is 139 Å². The minimum Gasteiger partial charge on any atom is -0.383 e. The average molecular weight is 507 g/mol. The standard InChI is InChI=1S/C34H39N2P/c1-27-21-23-29(24-22-27)25-28(2)36-33(34(3,4)5)26-35-37(30-15-9-6-10-16-30,31-17-11-7-12-18-31)32-19-13-8-14-20-32/h6-24,33,36H,2,25-26H2,1,3-5H3/t33-/m0/s1. The maximum Gasteiger partial charge on any atom is 0.0592 e. The Hall–Kier alpha value is -3.35. The number of hydrogen-bond acceptors (Lipinski definition) is 2. The van der Waals surface area contributed by atoms with Gasteiger partial charge in [0.05, 0.1) is 19.6 Å². The SMILES string of the molecule is C=C(Cc1ccc(C)cc1)N[C@@H](CN=P(c1ccccc1)(c1ccccc1)c1ccccc1)C(C)(C)C. The van der Waals surface area contributed by atoms with Gasteiger partial charge >= 0.3 is 0 Å². The monoisotopic (exact) mass is 506 g/mol. The molecule has 0 saturated carbocycles. The Balaban J connectivity index is 1.77. The summed E-state index contributed by atoms with van der Waals surface area (Å²) in [5.74, 6) is 0. The molecule has 3 heteroatoms. The highest BCUT2D eigenvalue weighted by molar-refractivity contribution is 7.87. The molecule has 37 heavy (non-hydrogen) atoms. The van der Waals surface area contributed by atoms with Gasteiger partial charge in [-0.25, -0.2) is 0 Å². The van der Waals surface area contributed by atoms with Crippen molar-refractivity contribution in [2.24, 2.45) is 10.2 Å². The Labute approximate surface area is 223 Å². The lowest BCUT2D eigenvalue weighted by Gasteiger charge is -2.34. The first-order valence-corrected chi connectivity index (χ1v) is 14.8. The highest BCUT2D eigenvalue weighted by Crippen LogP contribution is 2.46. The third-order valence-electron chi connectivity index (χ3n) is 6.83. The molecule has 0 saturated heterocycles. The van der Waals surface area contributed by atoms with Gasteiger partial charge in [0.1, 0.15) is 0 Å². The van der Waals surface area contributed by atoms with Gasteiger partial charge in [0.15, 0.2) is 0 Å². The van der Waals surface area contributed by atoms with Crippen LogP contribution in [0.15, 0.2) is 132 Å². The topological polar surface area (TPSA) is 24.4 Å². The first-order valence-electron chi connectivity index (χ1n) is 13.0. The lowest BCUT2D eigenvalue weighted by atomic mass is 9.86. The van der Waals surface area contributed by atoms with Crippen molar-refractivity contribution >= 4 is 23.0 Å². The summed E-state index contributed by atoms with van der Waals surface area (Å²) in [6.45, 7) is 14.1. The Morgan fingerprint density at radius 3 is 1.57 bits per heavy atom. The number of hydrogen-bond donors (Lipinski definition) is 1. The van der Waals surface area contributed by atoms with Crippen LogP contribution in [0.4, 0.5) is 0 Å². The molecule has 0 heterocycles. The zero-order valence-electron chi connectivity index (χ0n) is 22.6. The van der Waals surface area contributed by atoms with Crippen LogP contribution in [-0.4, -0.2) is 12.6 Å². The number of nitrogens with one attached hydrogen (secondary N) is 1. The second-order valence-electron chi connectivity index (χ2n) is 10.8. The third kappa shape index (κ3) is 6.51. The van der Waals surface area contributed by atoms with Crippen molar-refractivity contribution in [3.63, 3.8) is 0 Å². The van der Waals surface area contributed by atoms with Crippen LogP contribution < -0.4 is 21.2 Å². The van der Waals surface area contributed by atoms with E-state index in [-0.39, 0.29) is 11.5 Å². The van der Waals surface area contributed by atoms with Crippen LogP contribution in [0, 0.1) is 12.3 Å². The zero-order chi connectivity index (χ0) is 26.3. The van der Waals surface area contributed by atoms with Gasteiger partial charge in [0, 0.05) is 28.0 Å². The lowest BCUT2D eigenvalue weighted by molar-refractivity contribution is 0.290. The molecule has 0 fully saturated rings. The van der Waals surface area contributed by atoms with Crippen LogP contribution in [0.2, 0.25) is 0 Å². The summed E-state index contributed by atoms with van der Waals surface area (Å²) in [6, 6.07) is 41.4. The number of benzene rings is 4. The van der Waals surface area contributed by atoms with Crippen molar-refractivity contribution in [1.29, 1.82) is 0 Å². The minimum absolute atomic E-state index is 0.000556. The van der Waals surface area contributed by atoms with Gasteiger partial charge in [-0.05, 0) is 17.9 Å². The number of nitrogens with zero attached hydrogens (tertiary/aromatic N) is 1. The summed E-state index contributed by atoms with van der Waals surface area (Å²) in [7, 11) is -2.24. The van der Waals surface area contributed by atoms with E-state index in [0.717, 1.165) is 12.1 Å². The van der Waals surface area contributed by atoms with E-state index in [1.807, 2.05) is 0 Å². The summed E-state index contributed by atoms with van der Waals surface area (Å²) in [5.41, 5.74) is 3.57. The highest BCUT2D eigenvalue weighted by atomic mass is 31.2. The van der Waals surface area contributed by atoms with Gasteiger partial charge in [0.2, 0.25) is 0 Å². The number of allylic oxidation sites excluding steroid dienone is 1. The largest absolute Gasteiger partial charge is 0.383 e. The number of aryl methyl sites for hydroxylation is 1. The molecule has 0 unspecified atom stereocenters. The van der Waals surface area contributed by atoms with E-state index in [4.69, 9.17) is 4.74 Å². The molecular weight excluding hydrogens is 467 g/mol. The smallest absolute Gasteiger partial charge is 0.0592 e. The fourth-order valence-corrected chi connectivity index (χ4v) is 8.22. The summed E-state index contributed by atoms with van der Waals surface area (Å²) in [5, 5.41) is 7.61. The Morgan fingerprint density at radius 1 is 0.730 bits per heavy atom. The zero-order valence-corrected chi connectivity index (χ0v) is 23.5. The van der Waals surface area contributed by atoms with Gasteiger partial charge in [-0.2, -0.15) is 0 Å². The molecule has 0 spiro atoms. The predicted octanol–water partition coefficient (Wildman–Crippen LogP) is 7.23. The number of rotatable bonds is 9. The van der Waals surface area contributed by atoms with Crippen LogP contribution >= 0.6 is 7.05 Å². The molecule has 1 N–H and O–H groups in total. The van der Waals surface area contributed by atoms with Crippen molar-refractivity contribution in [2.75, 3.05) is 6.54 Å². The Bertz CT molecular complexity index is 1230. The van der Waals surface area contributed by atoms with Gasteiger partial charge in [-0.15, -0.1) is 0 Å². The van der Waals surface area contributed by atoms with Crippen molar-refractivity contribution in [2.45, 2.75) is 40.2 Å². The maximum absolute atomic E-state index is 5.71. The Morgan fingerprint density at radius 2 is 1.16 bits per heavy atom. The normalized spacial score (nSPS) is 12.5. The van der Waals surface area contributed by atoms with Gasteiger partial charge < -0.3 is 5.32 Å². The minimum atomic E-state index is -2.24. The third-order valence-corrected chi connectivity index (χ3v) is 10.6. The first-order chi connectivity index (χ1) is 17.8. The lowest BCUT2D eigenvalue weighted by Crippen LogP contribution is -2.42. The molecule has 0 radical (unpaired) electrons. The van der Waals surface area contributed by atoms with Crippen LogP contribution in [0.25, 0.3) is 0 Å². The molecule has 0 bridgehead atoms. The molecule has 2 nitrogen and oxygen atoms in total. The fourth-order valence-electron chi connectivity index (χ4n) is 4.61. The van der Waals surface area contributed by atoms with Crippen LogP contribution in [-0.2, 0) is 6.42 Å². The van der Waals surface area contributed by atoms with Crippen LogP contribution in [0.3, 0.4) is 0 Å². The molecule has 4 rings (SSSR count). The molecular formula is C34H39N2P. The summed E-state index contributed by atoms with van der Waals surface area (Å²) < 4.78 is 5.71. The summed E-state index contributed by atoms with van der Waals surface area (Å²) >= 11 is 0. The Kier molecular flexibility index (Phi) is 8.52. The molecule has 0 aliphatic carbocycles. The van der Waals surface area contributed by atoms with Crippen molar-refractivity contribution in [1.82, 2.24) is 5.32 Å². The highest BCUT2D eigenvalue weighted by Gasteiger charge is 2.30. The van der Waals surface area contributed by atoms with Crippen LogP contribution in [0.1, 0.15) is 31.9 Å². The average Bonchev–Trinajstić information content (AvgIpc) is 2.91.